The molecule has 27 nitrogen and oxygen atoms in total. The van der Waals surface area contributed by atoms with Crippen molar-refractivity contribution >= 4 is 70.9 Å². The van der Waals surface area contributed by atoms with Crippen molar-refractivity contribution in [3.8, 4) is 0 Å². The first-order valence-electron chi connectivity index (χ1n) is 24.2. The van der Waals surface area contributed by atoms with E-state index < -0.39 is 145 Å². The second-order valence-corrected chi connectivity index (χ2v) is 19.3. The Morgan fingerprint density at radius 1 is 0.722 bits per heavy atom. The van der Waals surface area contributed by atoms with Crippen molar-refractivity contribution in [3.63, 3.8) is 0 Å². The van der Waals surface area contributed by atoms with Gasteiger partial charge in [0.15, 0.2) is 6.29 Å². The van der Waals surface area contributed by atoms with Gasteiger partial charge in [-0.05, 0) is 90.3 Å². The van der Waals surface area contributed by atoms with Crippen LogP contribution in [0.15, 0.2) is 0 Å². The smallest absolute Gasteiger partial charge is 0.326 e. The number of carbonyl (C=O) groups excluding carboxylic acids is 9. The summed E-state index contributed by atoms with van der Waals surface area (Å²) in [5.74, 6) is -7.64. The third-order valence-electron chi connectivity index (χ3n) is 11.6. The number of amides is 9. The minimum absolute atomic E-state index is 0.0462. The Labute approximate surface area is 422 Å². The molecule has 7 unspecified atom stereocenters. The van der Waals surface area contributed by atoms with Gasteiger partial charge in [0, 0.05) is 25.6 Å². The topological polar surface area (TPSA) is 433 Å². The van der Waals surface area contributed by atoms with E-state index in [1.54, 1.807) is 13.8 Å². The van der Waals surface area contributed by atoms with Gasteiger partial charge in [0.25, 0.3) is 0 Å². The number of nitrogens with one attached hydrogen (secondary N) is 8. The van der Waals surface area contributed by atoms with E-state index >= 15 is 0 Å². The van der Waals surface area contributed by atoms with Crippen LogP contribution in [0.25, 0.3) is 0 Å². The van der Waals surface area contributed by atoms with Crippen LogP contribution >= 0.6 is 11.8 Å². The number of carboxylic acid groups (broad SMARTS) is 1. The van der Waals surface area contributed by atoms with Crippen molar-refractivity contribution in [3.05, 3.63) is 0 Å². The summed E-state index contributed by atoms with van der Waals surface area (Å²) in [5, 5.41) is 68.5. The lowest BCUT2D eigenvalue weighted by Crippen LogP contribution is -2.63. The molecule has 0 aromatic heterocycles. The third-order valence-corrected chi connectivity index (χ3v) is 12.9. The van der Waals surface area contributed by atoms with Gasteiger partial charge in [-0.15, -0.1) is 11.8 Å². The van der Waals surface area contributed by atoms with Crippen molar-refractivity contribution in [1.29, 1.82) is 0 Å². The molecular weight excluding hydrogens is 971 g/mol. The van der Waals surface area contributed by atoms with Crippen LogP contribution in [0, 0.1) is 5.92 Å². The zero-order chi connectivity index (χ0) is 54.1. The van der Waals surface area contributed by atoms with E-state index in [0.717, 1.165) is 16.7 Å². The summed E-state index contributed by atoms with van der Waals surface area (Å²) in [6.45, 7) is 5.11. The molecule has 28 heteroatoms. The van der Waals surface area contributed by atoms with E-state index in [9.17, 15) is 73.5 Å². The van der Waals surface area contributed by atoms with Gasteiger partial charge in [0.2, 0.25) is 53.2 Å². The first-order chi connectivity index (χ1) is 34.0. The maximum Gasteiger partial charge on any atom is 0.326 e. The van der Waals surface area contributed by atoms with Gasteiger partial charge in [0.1, 0.15) is 48.5 Å². The fraction of sp³-hybridized carbons (Fsp3) is 0.773. The van der Waals surface area contributed by atoms with Gasteiger partial charge in [-0.3, -0.25) is 48.1 Å². The number of ether oxygens (including phenoxy) is 1. The Hall–Kier alpha value is -5.07. The van der Waals surface area contributed by atoms with Crippen LogP contribution in [0.1, 0.15) is 91.9 Å². The molecule has 0 saturated carbocycles. The summed E-state index contributed by atoms with van der Waals surface area (Å²) in [6.07, 6.45) is -2.75. The van der Waals surface area contributed by atoms with E-state index in [4.69, 9.17) is 16.2 Å². The van der Waals surface area contributed by atoms with Gasteiger partial charge in [-0.1, -0.05) is 13.8 Å². The van der Waals surface area contributed by atoms with Gasteiger partial charge in [0.05, 0.1) is 31.0 Å². The number of rotatable bonds is 34. The lowest BCUT2D eigenvalue weighted by atomic mass is 9.97. The van der Waals surface area contributed by atoms with Crippen molar-refractivity contribution in [2.24, 2.45) is 17.4 Å². The molecule has 2 aliphatic rings. The summed E-state index contributed by atoms with van der Waals surface area (Å²) in [7, 11) is 0. The van der Waals surface area contributed by atoms with Crippen molar-refractivity contribution in [2.45, 2.75) is 158 Å². The number of imide groups is 1. The molecule has 0 radical (unpaired) electrons. The lowest BCUT2D eigenvalue weighted by Gasteiger charge is -2.40. The molecule has 0 spiro atoms. The SMILES string of the molecule is CC(=O)NC(CSC1CC(=O)N(CCCCN[C@H]2C(O)O[C@H](CO)[C@@H](O)[C@@H]2O)C1=O)C(=O)NC(CCCCN)C(=O)NCC(=O)NCC(=O)NC(C)C(=O)NC(CCCCN)C(=O)NC(CC(C)C)C(=O)O. The highest BCUT2D eigenvalue weighted by Gasteiger charge is 2.44. The highest BCUT2D eigenvalue weighted by molar-refractivity contribution is 8.00. The number of carboxylic acids is 1. The number of likely N-dealkylation sites (tertiary alicyclic amines) is 1. The van der Waals surface area contributed by atoms with Crippen LogP contribution in [-0.4, -0.2) is 207 Å². The fourth-order valence-electron chi connectivity index (χ4n) is 7.59. The number of thioether (sulfide) groups is 1. The first-order valence-corrected chi connectivity index (χ1v) is 25.2. The zero-order valence-corrected chi connectivity index (χ0v) is 42.2. The Kier molecular flexibility index (Phi) is 28.8. The van der Waals surface area contributed by atoms with Crippen LogP contribution < -0.4 is 54.0 Å². The van der Waals surface area contributed by atoms with Crippen molar-refractivity contribution in [2.75, 3.05) is 51.6 Å². The number of hydrogen-bond donors (Lipinski definition) is 15. The molecule has 72 heavy (non-hydrogen) atoms. The summed E-state index contributed by atoms with van der Waals surface area (Å²) < 4.78 is 5.12. The summed E-state index contributed by atoms with van der Waals surface area (Å²) in [5.41, 5.74) is 11.2. The molecule has 0 aliphatic carbocycles. The minimum Gasteiger partial charge on any atom is -0.480 e. The van der Waals surface area contributed by atoms with E-state index in [-0.39, 0.29) is 57.0 Å². The molecular formula is C44H77N11O16S. The molecule has 0 aromatic rings. The quantitative estimate of drug-likeness (QED) is 0.0211. The zero-order valence-electron chi connectivity index (χ0n) is 41.4. The lowest BCUT2D eigenvalue weighted by molar-refractivity contribution is -0.254. The standard InChI is InChI=1S/C44H77N11O16S/c1-23(2)17-28(43(68)69)54-40(65)27(12-6-8-14-46)52-38(63)24(3)50-33(59)20-48-32(58)19-49-39(64)26(11-5-7-13-45)53-41(66)29(51-25(4)57)22-72-31-18-34(60)55(42(31)67)16-10-9-15-47-35-37(62)36(61)30(21-56)71-44(35)70/h23-24,26-31,35-37,44,47,56,61-62,70H,5-22,45-46H2,1-4H3,(H,48,58)(H,49,64)(H,50,59)(H,51,57)(H,52,63)(H,53,66)(H,54,65)(H,68,69)/t24?,26?,27?,28?,29?,30-,31?,35-,36-,37-,44?/m1/s1. The second-order valence-electron chi connectivity index (χ2n) is 18.1. The minimum atomic E-state index is -1.50. The van der Waals surface area contributed by atoms with Crippen LogP contribution in [0.2, 0.25) is 0 Å². The number of carbonyl (C=O) groups is 10. The van der Waals surface area contributed by atoms with Gasteiger partial charge < -0.3 is 84.3 Å². The van der Waals surface area contributed by atoms with E-state index in [1.807, 2.05) is 0 Å². The van der Waals surface area contributed by atoms with E-state index in [1.165, 1.54) is 13.8 Å². The molecule has 11 atom stereocenters. The van der Waals surface area contributed by atoms with Gasteiger partial charge >= 0.3 is 5.97 Å². The summed E-state index contributed by atoms with van der Waals surface area (Å²) >= 11 is 0.965. The van der Waals surface area contributed by atoms with E-state index in [2.05, 4.69) is 42.5 Å². The molecule has 0 aromatic carbocycles. The second kappa shape index (κ2) is 32.9. The molecule has 0 bridgehead atoms. The van der Waals surface area contributed by atoms with Crippen LogP contribution in [0.5, 0.6) is 0 Å². The van der Waals surface area contributed by atoms with Crippen LogP contribution in [-0.2, 0) is 52.7 Å². The Balaban J connectivity index is 1.92. The van der Waals surface area contributed by atoms with Crippen molar-refractivity contribution < 1.29 is 78.2 Å². The number of nitrogens with zero attached hydrogens (tertiary/aromatic N) is 1. The molecule has 2 heterocycles. The maximum absolute atomic E-state index is 13.6. The predicted octanol–water partition coefficient (Wildman–Crippen LogP) is -5.90. The summed E-state index contributed by atoms with van der Waals surface area (Å²) in [6, 6.07) is -7.03. The predicted molar refractivity (Wildman–Crippen MR) is 259 cm³/mol. The first kappa shape index (κ1) is 63.0. The highest BCUT2D eigenvalue weighted by atomic mass is 32.2. The third kappa shape index (κ3) is 22.0. The number of aliphatic hydroxyl groups is 4. The normalized spacial score (nSPS) is 22.0. The maximum atomic E-state index is 13.6. The number of aliphatic carboxylic acids is 1. The van der Waals surface area contributed by atoms with Crippen LogP contribution in [0.3, 0.4) is 0 Å². The molecule has 2 rings (SSSR count). The number of nitrogens with two attached hydrogens (primary N) is 2. The number of aliphatic hydroxyl groups excluding tert-OH is 4. The molecule has 17 N–H and O–H groups in total. The molecule has 410 valence electrons. The largest absolute Gasteiger partial charge is 0.480 e. The number of unbranched alkanes of at least 4 members (excludes halogenated alkanes) is 3. The molecule has 2 aliphatic heterocycles. The average molecular weight is 1050 g/mol. The molecule has 2 fully saturated rings. The molecule has 2 saturated heterocycles. The highest BCUT2D eigenvalue weighted by Crippen LogP contribution is 2.26. The monoisotopic (exact) mass is 1050 g/mol. The Morgan fingerprint density at radius 2 is 1.31 bits per heavy atom. The fourth-order valence-corrected chi connectivity index (χ4v) is 8.78. The van der Waals surface area contributed by atoms with Crippen molar-refractivity contribution in [1.82, 2.24) is 47.4 Å². The van der Waals surface area contributed by atoms with E-state index in [0.29, 0.717) is 45.1 Å². The Bertz CT molecular complexity index is 1840. The average Bonchev–Trinajstić information content (AvgIpc) is 3.59. The van der Waals surface area contributed by atoms with Crippen LogP contribution in [0.4, 0.5) is 0 Å². The Morgan fingerprint density at radius 3 is 1.89 bits per heavy atom. The van der Waals surface area contributed by atoms with Gasteiger partial charge in [-0.25, -0.2) is 4.79 Å². The molecule has 9 amide bonds. The van der Waals surface area contributed by atoms with Gasteiger partial charge in [-0.2, -0.15) is 0 Å². The number of hydrogen-bond acceptors (Lipinski definition) is 19. The summed E-state index contributed by atoms with van der Waals surface area (Å²) in [4.78, 5) is 129.